The minimum atomic E-state index is 0.642. The van der Waals surface area contributed by atoms with Crippen molar-refractivity contribution in [3.05, 3.63) is 18.5 Å². The zero-order valence-electron chi connectivity index (χ0n) is 14.1. The van der Waals surface area contributed by atoms with E-state index in [1.54, 1.807) is 12.4 Å². The lowest BCUT2D eigenvalue weighted by molar-refractivity contribution is 0.208. The number of aromatic nitrogens is 2. The van der Waals surface area contributed by atoms with Gasteiger partial charge in [0.1, 0.15) is 0 Å². The van der Waals surface area contributed by atoms with Crippen LogP contribution in [0.1, 0.15) is 48.0 Å². The molecule has 0 saturated carbocycles. The second-order valence-corrected chi connectivity index (χ2v) is 4.87. The third-order valence-corrected chi connectivity index (χ3v) is 2.88. The molecule has 0 N–H and O–H groups in total. The summed E-state index contributed by atoms with van der Waals surface area (Å²) in [4.78, 5) is 13.3. The van der Waals surface area contributed by atoms with Crippen molar-refractivity contribution in [2.45, 2.75) is 54.0 Å². The second kappa shape index (κ2) is 11.6. The van der Waals surface area contributed by atoms with Crippen LogP contribution >= 0.6 is 0 Å². The Hall–Kier alpha value is -1.16. The van der Waals surface area contributed by atoms with E-state index in [1.807, 2.05) is 19.9 Å². The highest BCUT2D eigenvalue weighted by atomic mass is 15.3. The normalized spacial score (nSPS) is 15.1. The van der Waals surface area contributed by atoms with Crippen molar-refractivity contribution in [1.82, 2.24) is 14.9 Å². The number of hydrogen-bond donors (Lipinski definition) is 0. The molecule has 20 heavy (non-hydrogen) atoms. The number of nitrogens with zero attached hydrogens (tertiary/aromatic N) is 4. The van der Waals surface area contributed by atoms with Crippen LogP contribution < -0.4 is 4.90 Å². The van der Waals surface area contributed by atoms with Crippen LogP contribution in [0.5, 0.6) is 0 Å². The molecule has 0 spiro atoms. The van der Waals surface area contributed by atoms with Gasteiger partial charge in [0.2, 0.25) is 5.95 Å². The lowest BCUT2D eigenvalue weighted by atomic mass is 10.2. The van der Waals surface area contributed by atoms with E-state index < -0.39 is 0 Å². The number of hydrogen-bond acceptors (Lipinski definition) is 4. The number of rotatable bonds is 2. The Kier molecular flexibility index (Phi) is 11.0. The van der Waals surface area contributed by atoms with E-state index in [4.69, 9.17) is 0 Å². The van der Waals surface area contributed by atoms with Crippen molar-refractivity contribution >= 4 is 5.95 Å². The molecule has 1 saturated heterocycles. The second-order valence-electron chi connectivity index (χ2n) is 4.87. The van der Waals surface area contributed by atoms with E-state index in [9.17, 15) is 0 Å². The molecular formula is C16H32N4. The third-order valence-electron chi connectivity index (χ3n) is 2.88. The van der Waals surface area contributed by atoms with Gasteiger partial charge in [0.25, 0.3) is 0 Å². The van der Waals surface area contributed by atoms with E-state index >= 15 is 0 Å². The molecule has 0 unspecified atom stereocenters. The van der Waals surface area contributed by atoms with Crippen molar-refractivity contribution in [3.8, 4) is 0 Å². The van der Waals surface area contributed by atoms with Crippen LogP contribution in [0.25, 0.3) is 0 Å². The first-order valence-corrected chi connectivity index (χ1v) is 7.95. The third kappa shape index (κ3) is 6.85. The fourth-order valence-electron chi connectivity index (χ4n) is 1.89. The number of anilines is 1. The van der Waals surface area contributed by atoms with Gasteiger partial charge in [-0.1, -0.05) is 34.1 Å². The minimum Gasteiger partial charge on any atom is -0.338 e. The van der Waals surface area contributed by atoms with Crippen molar-refractivity contribution in [1.29, 1.82) is 0 Å². The topological polar surface area (TPSA) is 32.3 Å². The molecule has 1 aliphatic heterocycles. The van der Waals surface area contributed by atoms with Crippen LogP contribution in [0.3, 0.4) is 0 Å². The Bertz CT molecular complexity index is 306. The fraction of sp³-hybridized carbons (Fsp3) is 0.750. The summed E-state index contributed by atoms with van der Waals surface area (Å²) in [5, 5.41) is 0. The highest BCUT2D eigenvalue weighted by Crippen LogP contribution is 2.11. The molecule has 4 nitrogen and oxygen atoms in total. The lowest BCUT2D eigenvalue weighted by Gasteiger charge is -2.36. The average Bonchev–Trinajstić information content (AvgIpc) is 2.51. The first kappa shape index (κ1) is 18.8. The van der Waals surface area contributed by atoms with Gasteiger partial charge in [-0.15, -0.1) is 0 Å². The van der Waals surface area contributed by atoms with Crippen molar-refractivity contribution in [3.63, 3.8) is 0 Å². The highest BCUT2D eigenvalue weighted by molar-refractivity contribution is 5.29. The maximum Gasteiger partial charge on any atom is 0.225 e. The van der Waals surface area contributed by atoms with Crippen LogP contribution in [-0.2, 0) is 0 Å². The zero-order valence-corrected chi connectivity index (χ0v) is 14.1. The Morgan fingerprint density at radius 1 is 1.00 bits per heavy atom. The maximum absolute atomic E-state index is 4.27. The van der Waals surface area contributed by atoms with Gasteiger partial charge in [-0.2, -0.15) is 0 Å². The Labute approximate surface area is 125 Å². The van der Waals surface area contributed by atoms with Gasteiger partial charge >= 0.3 is 0 Å². The molecule has 0 aliphatic carbocycles. The van der Waals surface area contributed by atoms with Crippen molar-refractivity contribution < 1.29 is 0 Å². The predicted molar refractivity (Wildman–Crippen MR) is 88.3 cm³/mol. The van der Waals surface area contributed by atoms with E-state index in [0.29, 0.717) is 6.04 Å². The van der Waals surface area contributed by atoms with Gasteiger partial charge in [-0.25, -0.2) is 9.97 Å². The molecule has 1 aliphatic rings. The average molecular weight is 280 g/mol. The largest absolute Gasteiger partial charge is 0.338 e. The zero-order chi connectivity index (χ0) is 15.4. The molecule has 0 bridgehead atoms. The van der Waals surface area contributed by atoms with Crippen LogP contribution in [0.15, 0.2) is 18.5 Å². The first-order valence-electron chi connectivity index (χ1n) is 7.95. The molecule has 1 fully saturated rings. The van der Waals surface area contributed by atoms with Crippen LogP contribution in [-0.4, -0.2) is 47.1 Å². The van der Waals surface area contributed by atoms with Crippen molar-refractivity contribution in [2.75, 3.05) is 31.1 Å². The van der Waals surface area contributed by atoms with E-state index in [-0.39, 0.29) is 0 Å². The summed E-state index contributed by atoms with van der Waals surface area (Å²) >= 11 is 0. The Morgan fingerprint density at radius 2 is 1.45 bits per heavy atom. The maximum atomic E-state index is 4.27. The molecule has 2 rings (SSSR count). The van der Waals surface area contributed by atoms with E-state index in [0.717, 1.165) is 32.1 Å². The van der Waals surface area contributed by atoms with Gasteiger partial charge < -0.3 is 4.90 Å². The van der Waals surface area contributed by atoms with Gasteiger partial charge in [-0.3, -0.25) is 4.90 Å². The standard InChI is InChI=1S/C11H18N4.C3H8.C2H6/c1-10(2)14-6-8-15(9-7-14)11-12-4-3-5-13-11;1-3-2;1-2/h3-5,10H,6-9H2,1-2H3;3H2,1-2H3;1-2H3. The van der Waals surface area contributed by atoms with Crippen LogP contribution in [0, 0.1) is 0 Å². The quantitative estimate of drug-likeness (QED) is 0.830. The monoisotopic (exact) mass is 280 g/mol. The molecule has 2 heterocycles. The smallest absolute Gasteiger partial charge is 0.225 e. The molecule has 116 valence electrons. The summed E-state index contributed by atoms with van der Waals surface area (Å²) in [6.07, 6.45) is 4.86. The fourth-order valence-corrected chi connectivity index (χ4v) is 1.89. The molecule has 0 radical (unpaired) electrons. The van der Waals surface area contributed by atoms with Gasteiger partial charge in [0, 0.05) is 44.6 Å². The SMILES string of the molecule is CC.CC(C)N1CCN(c2ncccn2)CC1.CCC. The van der Waals surface area contributed by atoms with Gasteiger partial charge in [0.05, 0.1) is 0 Å². The minimum absolute atomic E-state index is 0.642. The Balaban J connectivity index is 0.000000641. The molecular weight excluding hydrogens is 248 g/mol. The lowest BCUT2D eigenvalue weighted by Crippen LogP contribution is -2.49. The molecule has 0 amide bonds. The summed E-state index contributed by atoms with van der Waals surface area (Å²) in [6, 6.07) is 2.50. The summed E-state index contributed by atoms with van der Waals surface area (Å²) < 4.78 is 0. The predicted octanol–water partition coefficient (Wildman–Crippen LogP) is 3.45. The summed E-state index contributed by atoms with van der Waals surface area (Å²) in [5.74, 6) is 0.862. The highest BCUT2D eigenvalue weighted by Gasteiger charge is 2.19. The summed E-state index contributed by atoms with van der Waals surface area (Å²) in [6.45, 7) is 17.0. The molecule has 1 aromatic heterocycles. The van der Waals surface area contributed by atoms with Gasteiger partial charge in [0.15, 0.2) is 0 Å². The van der Waals surface area contributed by atoms with Crippen molar-refractivity contribution in [2.24, 2.45) is 0 Å². The molecule has 4 heteroatoms. The molecule has 0 atom stereocenters. The van der Waals surface area contributed by atoms with E-state index in [1.165, 1.54) is 6.42 Å². The van der Waals surface area contributed by atoms with E-state index in [2.05, 4.69) is 47.5 Å². The Morgan fingerprint density at radius 3 is 1.85 bits per heavy atom. The van der Waals surface area contributed by atoms with Crippen LogP contribution in [0.4, 0.5) is 5.95 Å². The van der Waals surface area contributed by atoms with Gasteiger partial charge in [-0.05, 0) is 19.9 Å². The summed E-state index contributed by atoms with van der Waals surface area (Å²) in [7, 11) is 0. The molecule has 1 aromatic rings. The number of piperazine rings is 1. The van der Waals surface area contributed by atoms with Crippen LogP contribution in [0.2, 0.25) is 0 Å². The first-order chi connectivity index (χ1) is 9.69. The molecule has 0 aromatic carbocycles. The summed E-state index contributed by atoms with van der Waals surface area (Å²) in [5.41, 5.74) is 0.